The monoisotopic (exact) mass is 642 g/mol. The van der Waals surface area contributed by atoms with Crippen molar-refractivity contribution in [1.82, 2.24) is 19.5 Å². The highest BCUT2D eigenvalue weighted by atomic mass is 32.2. The fraction of sp³-hybridized carbons (Fsp3) is 0.312. The van der Waals surface area contributed by atoms with Crippen LogP contribution in [-0.4, -0.2) is 73.0 Å². The van der Waals surface area contributed by atoms with Crippen molar-refractivity contribution in [2.45, 2.75) is 37.2 Å². The summed E-state index contributed by atoms with van der Waals surface area (Å²) in [6.45, 7) is 3.95. The number of benzene rings is 3. The minimum absolute atomic E-state index is 0.0226. The Morgan fingerprint density at radius 2 is 1.67 bits per heavy atom. The van der Waals surface area contributed by atoms with Crippen LogP contribution in [0.1, 0.15) is 22.4 Å². The molecule has 1 fully saturated rings. The van der Waals surface area contributed by atoms with Gasteiger partial charge in [-0.15, -0.1) is 0 Å². The van der Waals surface area contributed by atoms with Gasteiger partial charge in [0.05, 0.1) is 16.0 Å². The topological polar surface area (TPSA) is 112 Å². The Hall–Kier alpha value is -4.04. The summed E-state index contributed by atoms with van der Waals surface area (Å²) in [6, 6.07) is 19.5. The van der Waals surface area contributed by atoms with E-state index in [1.165, 1.54) is 24.3 Å². The van der Waals surface area contributed by atoms with Crippen molar-refractivity contribution in [1.29, 1.82) is 0 Å². The van der Waals surface area contributed by atoms with Crippen LogP contribution >= 0.6 is 0 Å². The average Bonchev–Trinajstić information content (AvgIpc) is 3.00. The fourth-order valence-electron chi connectivity index (χ4n) is 5.33. The molecule has 1 aliphatic heterocycles. The molecule has 9 nitrogen and oxygen atoms in total. The van der Waals surface area contributed by atoms with Crippen LogP contribution in [0.2, 0.25) is 0 Å². The molecule has 1 saturated heterocycles. The minimum Gasteiger partial charge on any atom is -0.489 e. The summed E-state index contributed by atoms with van der Waals surface area (Å²) in [5.41, 5.74) is 2.69. The lowest BCUT2D eigenvalue weighted by Gasteiger charge is -2.37. The standard InChI is InChI=1S/C32H33F3N4O5S/c1-22-18-24(28-4-2-3-5-29(28)37-22)21-44-26-10-12-27(13-11-26)45(42,43)36-19-30(31(40)41)39-16-14-38(15-17-39)20-23-6-8-25(9-7-23)32(33,34)35/h2-13,18,30,36H,14-17,19-21H2,1H3,(H,40,41). The highest BCUT2D eigenvalue weighted by molar-refractivity contribution is 7.89. The van der Waals surface area contributed by atoms with Crippen LogP contribution < -0.4 is 9.46 Å². The number of sulfonamides is 1. The lowest BCUT2D eigenvalue weighted by atomic mass is 10.1. The van der Waals surface area contributed by atoms with Crippen molar-refractivity contribution in [3.8, 4) is 5.75 Å². The summed E-state index contributed by atoms with van der Waals surface area (Å²) >= 11 is 0. The molecule has 0 amide bonds. The molecule has 0 radical (unpaired) electrons. The zero-order valence-electron chi connectivity index (χ0n) is 24.5. The van der Waals surface area contributed by atoms with E-state index in [-0.39, 0.29) is 18.0 Å². The molecule has 1 unspecified atom stereocenters. The number of pyridine rings is 1. The number of fused-ring (bicyclic) bond motifs is 1. The summed E-state index contributed by atoms with van der Waals surface area (Å²) in [6.07, 6.45) is -4.40. The van der Waals surface area contributed by atoms with E-state index >= 15 is 0 Å². The van der Waals surface area contributed by atoms with Crippen molar-refractivity contribution in [3.05, 3.63) is 101 Å². The van der Waals surface area contributed by atoms with Crippen LogP contribution in [0.15, 0.2) is 83.8 Å². The normalized spacial score (nSPS) is 15.6. The second kappa shape index (κ2) is 13.5. The first kappa shape index (κ1) is 32.4. The number of nitrogens with zero attached hydrogens (tertiary/aromatic N) is 3. The van der Waals surface area contributed by atoms with Crippen LogP contribution in [0.3, 0.4) is 0 Å². The van der Waals surface area contributed by atoms with Gasteiger partial charge in [0.1, 0.15) is 18.4 Å². The van der Waals surface area contributed by atoms with Gasteiger partial charge < -0.3 is 9.84 Å². The number of nitrogens with one attached hydrogen (secondary N) is 1. The van der Waals surface area contributed by atoms with Gasteiger partial charge in [-0.25, -0.2) is 13.1 Å². The Morgan fingerprint density at radius 3 is 2.31 bits per heavy atom. The quantitative estimate of drug-likeness (QED) is 0.243. The SMILES string of the molecule is Cc1cc(COc2ccc(S(=O)(=O)NCC(C(=O)O)N3CCN(Cc4ccc(C(F)(F)F)cc4)CC3)cc2)c2ccccc2n1. The molecular weight excluding hydrogens is 609 g/mol. The first-order valence-corrected chi connectivity index (χ1v) is 15.8. The van der Waals surface area contributed by atoms with Crippen molar-refractivity contribution in [2.24, 2.45) is 0 Å². The largest absolute Gasteiger partial charge is 0.489 e. The van der Waals surface area contributed by atoms with Crippen molar-refractivity contribution < 1.29 is 36.2 Å². The van der Waals surface area contributed by atoms with Gasteiger partial charge in [-0.05, 0) is 61.0 Å². The molecule has 3 aromatic carbocycles. The summed E-state index contributed by atoms with van der Waals surface area (Å²) in [4.78, 5) is 20.3. The predicted octanol–water partition coefficient (Wildman–Crippen LogP) is 4.69. The molecule has 0 spiro atoms. The molecule has 1 aromatic heterocycles. The molecule has 45 heavy (non-hydrogen) atoms. The maximum atomic E-state index is 13.0. The Bertz CT molecular complexity index is 1740. The van der Waals surface area contributed by atoms with E-state index in [4.69, 9.17) is 4.74 Å². The van der Waals surface area contributed by atoms with Crippen LogP contribution in [-0.2, 0) is 34.1 Å². The average molecular weight is 643 g/mol. The third-order valence-electron chi connectivity index (χ3n) is 7.75. The van der Waals surface area contributed by atoms with Gasteiger partial charge >= 0.3 is 12.1 Å². The molecule has 5 rings (SSSR count). The number of para-hydroxylation sites is 1. The van der Waals surface area contributed by atoms with E-state index in [9.17, 15) is 31.5 Å². The maximum absolute atomic E-state index is 13.0. The van der Waals surface area contributed by atoms with E-state index in [2.05, 4.69) is 9.71 Å². The number of aromatic nitrogens is 1. The van der Waals surface area contributed by atoms with E-state index in [0.717, 1.165) is 39.9 Å². The summed E-state index contributed by atoms with van der Waals surface area (Å²) in [5.74, 6) is -0.679. The lowest BCUT2D eigenvalue weighted by Crippen LogP contribution is -2.55. The van der Waals surface area contributed by atoms with Crippen LogP contribution in [0.4, 0.5) is 13.2 Å². The van der Waals surface area contributed by atoms with Crippen LogP contribution in [0.25, 0.3) is 10.9 Å². The Balaban J connectivity index is 1.14. The van der Waals surface area contributed by atoms with E-state index in [1.54, 1.807) is 17.0 Å². The minimum atomic E-state index is -4.40. The van der Waals surface area contributed by atoms with Crippen LogP contribution in [0.5, 0.6) is 5.75 Å². The Labute approximate surface area is 259 Å². The van der Waals surface area contributed by atoms with E-state index in [1.807, 2.05) is 42.2 Å². The number of aliphatic carboxylic acids is 1. The molecule has 2 N–H and O–H groups in total. The fourth-order valence-corrected chi connectivity index (χ4v) is 6.36. The number of aryl methyl sites for hydroxylation is 1. The number of ether oxygens (including phenoxy) is 1. The number of halogens is 3. The first-order chi connectivity index (χ1) is 21.4. The Morgan fingerprint density at radius 1 is 1.00 bits per heavy atom. The van der Waals surface area contributed by atoms with Crippen LogP contribution in [0, 0.1) is 6.92 Å². The third-order valence-corrected chi connectivity index (χ3v) is 9.18. The molecule has 0 bridgehead atoms. The number of piperazine rings is 1. The lowest BCUT2D eigenvalue weighted by molar-refractivity contribution is -0.143. The number of hydrogen-bond acceptors (Lipinski definition) is 7. The van der Waals surface area contributed by atoms with Gasteiger partial charge in [0.25, 0.3) is 0 Å². The first-order valence-electron chi connectivity index (χ1n) is 14.3. The third kappa shape index (κ3) is 8.17. The maximum Gasteiger partial charge on any atom is 0.416 e. The van der Waals surface area contributed by atoms with Gasteiger partial charge in [-0.2, -0.15) is 13.2 Å². The van der Waals surface area contributed by atoms with E-state index < -0.39 is 33.8 Å². The molecule has 13 heteroatoms. The molecule has 238 valence electrons. The molecule has 1 aliphatic rings. The summed E-state index contributed by atoms with van der Waals surface area (Å²) in [5, 5.41) is 10.8. The number of carbonyl (C=O) groups is 1. The van der Waals surface area contributed by atoms with E-state index in [0.29, 0.717) is 38.5 Å². The molecular formula is C32H33F3N4O5S. The van der Waals surface area contributed by atoms with Gasteiger partial charge in [0, 0.05) is 55.9 Å². The highest BCUT2D eigenvalue weighted by Gasteiger charge is 2.32. The highest BCUT2D eigenvalue weighted by Crippen LogP contribution is 2.29. The number of hydrogen-bond donors (Lipinski definition) is 2. The molecule has 0 saturated carbocycles. The molecule has 4 aromatic rings. The van der Waals surface area contributed by atoms with Crippen molar-refractivity contribution in [3.63, 3.8) is 0 Å². The van der Waals surface area contributed by atoms with Gasteiger partial charge in [0.15, 0.2) is 0 Å². The zero-order chi connectivity index (χ0) is 32.2. The Kier molecular flexibility index (Phi) is 9.73. The molecule has 2 heterocycles. The number of rotatable bonds is 11. The predicted molar refractivity (Wildman–Crippen MR) is 162 cm³/mol. The van der Waals surface area contributed by atoms with Gasteiger partial charge in [-0.3, -0.25) is 19.6 Å². The zero-order valence-corrected chi connectivity index (χ0v) is 25.3. The van der Waals surface area contributed by atoms with Gasteiger partial charge in [-0.1, -0.05) is 30.3 Å². The second-order valence-corrected chi connectivity index (χ2v) is 12.7. The molecule has 0 aliphatic carbocycles. The number of carboxylic acids is 1. The van der Waals surface area contributed by atoms with Crippen molar-refractivity contribution >= 4 is 26.9 Å². The summed E-state index contributed by atoms with van der Waals surface area (Å²) < 4.78 is 72.8. The number of alkyl halides is 3. The van der Waals surface area contributed by atoms with Crippen molar-refractivity contribution in [2.75, 3.05) is 32.7 Å². The smallest absolute Gasteiger partial charge is 0.416 e. The van der Waals surface area contributed by atoms with Gasteiger partial charge in [0.2, 0.25) is 10.0 Å². The molecule has 1 atom stereocenters. The summed E-state index contributed by atoms with van der Waals surface area (Å²) in [7, 11) is -4.01. The number of carboxylic acid groups (broad SMARTS) is 1. The second-order valence-electron chi connectivity index (χ2n) is 10.9.